The number of anilines is 1. The van der Waals surface area contributed by atoms with Crippen molar-refractivity contribution in [2.45, 2.75) is 65.8 Å². The molecule has 0 spiro atoms. The number of amides is 2. The first kappa shape index (κ1) is 25.3. The number of nitrogens with zero attached hydrogens (tertiary/aromatic N) is 2. The van der Waals surface area contributed by atoms with Crippen LogP contribution < -0.4 is 4.90 Å². The number of rotatable bonds is 6. The molecule has 180 valence electrons. The first-order valence-electron chi connectivity index (χ1n) is 11.6. The standard InChI is InChI=1S/C25H34N2O5S/c1-16-5-7-17(8-6-16)22(29)27(19-10-12-26(13-14-28)23(19)30)20-15-18(9-11-25(2,3)4)33-21(20)24(31)32/h15-17,19,28H,5-8,10,12-14H2,1-4H3,(H,31,32). The number of carboxylic acids is 1. The van der Waals surface area contributed by atoms with E-state index in [1.54, 1.807) is 11.0 Å². The summed E-state index contributed by atoms with van der Waals surface area (Å²) in [5.41, 5.74) is 0.00663. The predicted molar refractivity (Wildman–Crippen MR) is 128 cm³/mol. The molecule has 1 aromatic rings. The predicted octanol–water partition coefficient (Wildman–Crippen LogP) is 3.60. The molecule has 0 radical (unpaired) electrons. The molecule has 1 aliphatic carbocycles. The molecule has 1 aliphatic heterocycles. The third kappa shape index (κ3) is 5.96. The van der Waals surface area contributed by atoms with E-state index in [1.807, 2.05) is 20.8 Å². The Morgan fingerprint density at radius 2 is 1.88 bits per heavy atom. The number of carboxylic acid groups (broad SMARTS) is 1. The molecule has 2 N–H and O–H groups in total. The summed E-state index contributed by atoms with van der Waals surface area (Å²) in [6.07, 6.45) is 3.77. The number of aliphatic hydroxyl groups is 1. The molecule has 1 saturated heterocycles. The minimum absolute atomic E-state index is 0.0270. The highest BCUT2D eigenvalue weighted by molar-refractivity contribution is 7.15. The number of thiophene rings is 1. The Morgan fingerprint density at radius 1 is 1.21 bits per heavy atom. The van der Waals surface area contributed by atoms with Crippen LogP contribution in [0.3, 0.4) is 0 Å². The fourth-order valence-corrected chi connectivity index (χ4v) is 5.31. The van der Waals surface area contributed by atoms with Crippen LogP contribution in [0.25, 0.3) is 0 Å². The van der Waals surface area contributed by atoms with Crippen molar-refractivity contribution < 1.29 is 24.6 Å². The highest BCUT2D eigenvalue weighted by Gasteiger charge is 2.43. The van der Waals surface area contributed by atoms with Crippen LogP contribution in [0.5, 0.6) is 0 Å². The SMILES string of the molecule is CC1CCC(C(=O)N(c2cc(C#CC(C)(C)C)sc2C(=O)O)C2CCN(CCO)C2=O)CC1. The van der Waals surface area contributed by atoms with E-state index in [1.165, 1.54) is 4.90 Å². The first-order chi connectivity index (χ1) is 15.5. The van der Waals surface area contributed by atoms with Gasteiger partial charge in [-0.15, -0.1) is 11.3 Å². The van der Waals surface area contributed by atoms with Crippen LogP contribution >= 0.6 is 11.3 Å². The van der Waals surface area contributed by atoms with Crippen LogP contribution in [0.4, 0.5) is 5.69 Å². The lowest BCUT2D eigenvalue weighted by Gasteiger charge is -2.34. The van der Waals surface area contributed by atoms with Gasteiger partial charge in [0.25, 0.3) is 0 Å². The molecule has 2 aliphatic rings. The lowest BCUT2D eigenvalue weighted by atomic mass is 9.82. The smallest absolute Gasteiger partial charge is 0.348 e. The third-order valence-electron chi connectivity index (χ3n) is 6.28. The summed E-state index contributed by atoms with van der Waals surface area (Å²) >= 11 is 1.04. The Kier molecular flexibility index (Phi) is 7.86. The highest BCUT2D eigenvalue weighted by Crippen LogP contribution is 2.38. The van der Waals surface area contributed by atoms with Crippen molar-refractivity contribution in [3.8, 4) is 11.8 Å². The number of carbonyl (C=O) groups excluding carboxylic acids is 2. The van der Waals surface area contributed by atoms with Gasteiger partial charge in [-0.3, -0.25) is 14.5 Å². The maximum atomic E-state index is 13.8. The minimum atomic E-state index is -1.13. The minimum Gasteiger partial charge on any atom is -0.477 e. The van der Waals surface area contributed by atoms with E-state index in [-0.39, 0.29) is 46.9 Å². The van der Waals surface area contributed by atoms with Gasteiger partial charge in [0.2, 0.25) is 11.8 Å². The Labute approximate surface area is 199 Å². The van der Waals surface area contributed by atoms with Gasteiger partial charge in [0.05, 0.1) is 17.2 Å². The van der Waals surface area contributed by atoms with Crippen LogP contribution in [0.2, 0.25) is 0 Å². The van der Waals surface area contributed by atoms with E-state index in [0.717, 1.165) is 37.0 Å². The number of aliphatic hydroxyl groups excluding tert-OH is 1. The molecule has 2 fully saturated rings. The fraction of sp³-hybridized carbons (Fsp3) is 0.640. The summed E-state index contributed by atoms with van der Waals surface area (Å²) in [4.78, 5) is 42.6. The number of hydrogen-bond acceptors (Lipinski definition) is 5. The van der Waals surface area contributed by atoms with E-state index in [9.17, 15) is 24.6 Å². The molecular weight excluding hydrogens is 440 g/mol. The van der Waals surface area contributed by atoms with Crippen LogP contribution in [0, 0.1) is 29.1 Å². The topological polar surface area (TPSA) is 98.2 Å². The first-order valence-corrected chi connectivity index (χ1v) is 12.5. The molecule has 1 aromatic heterocycles. The molecular formula is C25H34N2O5S. The van der Waals surface area contributed by atoms with Crippen molar-refractivity contribution in [3.05, 3.63) is 15.8 Å². The molecule has 33 heavy (non-hydrogen) atoms. The number of β-amino-alcohol motifs (C(OH)–C–C–N with tert-alkyl or cyclic N) is 1. The van der Waals surface area contributed by atoms with Gasteiger partial charge < -0.3 is 15.1 Å². The monoisotopic (exact) mass is 474 g/mol. The second-order valence-electron chi connectivity index (χ2n) is 10.1. The van der Waals surface area contributed by atoms with Gasteiger partial charge in [-0.25, -0.2) is 4.79 Å². The summed E-state index contributed by atoms with van der Waals surface area (Å²) < 4.78 is 0. The molecule has 3 rings (SSSR count). The second-order valence-corrected chi connectivity index (χ2v) is 11.2. The Bertz CT molecular complexity index is 960. The van der Waals surface area contributed by atoms with E-state index < -0.39 is 12.0 Å². The quantitative estimate of drug-likeness (QED) is 0.614. The summed E-state index contributed by atoms with van der Waals surface area (Å²) in [5, 5.41) is 19.2. The zero-order chi connectivity index (χ0) is 24.3. The van der Waals surface area contributed by atoms with Gasteiger partial charge in [0.15, 0.2) is 0 Å². The number of carbonyl (C=O) groups is 3. The average Bonchev–Trinajstić information content (AvgIpc) is 3.32. The molecule has 8 heteroatoms. The molecule has 0 aromatic carbocycles. The van der Waals surface area contributed by atoms with Gasteiger partial charge in [-0.05, 0) is 64.9 Å². The van der Waals surface area contributed by atoms with Gasteiger partial charge in [-0.1, -0.05) is 18.8 Å². The Hall–Kier alpha value is -2.37. The lowest BCUT2D eigenvalue weighted by molar-refractivity contribution is -0.132. The van der Waals surface area contributed by atoms with E-state index in [4.69, 9.17) is 0 Å². The number of hydrogen-bond donors (Lipinski definition) is 2. The van der Waals surface area contributed by atoms with Crippen molar-refractivity contribution in [3.63, 3.8) is 0 Å². The summed E-state index contributed by atoms with van der Waals surface area (Å²) in [5.74, 6) is 4.94. The van der Waals surface area contributed by atoms with Crippen LogP contribution in [0.1, 0.15) is 74.3 Å². The molecule has 7 nitrogen and oxygen atoms in total. The second kappa shape index (κ2) is 10.3. The van der Waals surface area contributed by atoms with Crippen molar-refractivity contribution in [2.75, 3.05) is 24.6 Å². The molecule has 2 heterocycles. The van der Waals surface area contributed by atoms with Gasteiger partial charge in [0, 0.05) is 24.4 Å². The lowest BCUT2D eigenvalue weighted by Crippen LogP contribution is -2.49. The Morgan fingerprint density at radius 3 is 2.45 bits per heavy atom. The van der Waals surface area contributed by atoms with Crippen molar-refractivity contribution in [1.29, 1.82) is 0 Å². The van der Waals surface area contributed by atoms with E-state index in [2.05, 4.69) is 18.8 Å². The van der Waals surface area contributed by atoms with Gasteiger partial charge in [0.1, 0.15) is 10.9 Å². The van der Waals surface area contributed by atoms with E-state index >= 15 is 0 Å². The van der Waals surface area contributed by atoms with Crippen LogP contribution in [0.15, 0.2) is 6.07 Å². The van der Waals surface area contributed by atoms with Gasteiger partial charge >= 0.3 is 5.97 Å². The Balaban J connectivity index is 2.04. The van der Waals surface area contributed by atoms with Crippen molar-refractivity contribution >= 4 is 34.8 Å². The number of aromatic carboxylic acids is 1. The third-order valence-corrected chi connectivity index (χ3v) is 7.31. The van der Waals surface area contributed by atoms with Gasteiger partial charge in [-0.2, -0.15) is 0 Å². The maximum Gasteiger partial charge on any atom is 0.348 e. The molecule has 1 atom stereocenters. The summed E-state index contributed by atoms with van der Waals surface area (Å²) in [7, 11) is 0. The zero-order valence-corrected chi connectivity index (χ0v) is 20.7. The highest BCUT2D eigenvalue weighted by atomic mass is 32.1. The molecule has 1 saturated carbocycles. The van der Waals surface area contributed by atoms with Crippen molar-refractivity contribution in [1.82, 2.24) is 4.90 Å². The van der Waals surface area contributed by atoms with Crippen LogP contribution in [-0.4, -0.2) is 58.6 Å². The van der Waals surface area contributed by atoms with E-state index in [0.29, 0.717) is 23.8 Å². The average molecular weight is 475 g/mol. The van der Waals surface area contributed by atoms with Crippen LogP contribution in [-0.2, 0) is 9.59 Å². The molecule has 1 unspecified atom stereocenters. The summed E-state index contributed by atoms with van der Waals surface area (Å²) in [6, 6.07) is 0.887. The fourth-order valence-electron chi connectivity index (χ4n) is 4.47. The number of likely N-dealkylation sites (tertiary alicyclic amines) is 1. The maximum absolute atomic E-state index is 13.8. The zero-order valence-electron chi connectivity index (χ0n) is 19.9. The van der Waals surface area contributed by atoms with Crippen molar-refractivity contribution in [2.24, 2.45) is 17.3 Å². The molecule has 0 bridgehead atoms. The summed E-state index contributed by atoms with van der Waals surface area (Å²) in [6.45, 7) is 8.57. The normalized spacial score (nSPS) is 23.2. The molecule has 2 amide bonds. The largest absolute Gasteiger partial charge is 0.477 e.